The van der Waals surface area contributed by atoms with Crippen LogP contribution in [0.1, 0.15) is 49.6 Å². The molecule has 1 aromatic heterocycles. The monoisotopic (exact) mass is 386 g/mol. The lowest BCUT2D eigenvalue weighted by molar-refractivity contribution is 0.184. The van der Waals surface area contributed by atoms with Crippen LogP contribution in [0.25, 0.3) is 10.9 Å². The number of hydrogen-bond acceptors (Lipinski definition) is 1. The highest BCUT2D eigenvalue weighted by molar-refractivity contribution is 5.86. The topological polar surface area (TPSA) is 8.17 Å². The van der Waals surface area contributed by atoms with Crippen LogP contribution < -0.4 is 0 Å². The summed E-state index contributed by atoms with van der Waals surface area (Å²) < 4.78 is 29.0. The number of aromatic nitrogens is 1. The van der Waals surface area contributed by atoms with Gasteiger partial charge in [0.05, 0.1) is 6.04 Å². The van der Waals surface area contributed by atoms with Gasteiger partial charge in [0, 0.05) is 23.1 Å². The summed E-state index contributed by atoms with van der Waals surface area (Å²) in [6, 6.07) is 6.54. The van der Waals surface area contributed by atoms with E-state index in [1.54, 1.807) is 13.0 Å². The molecule has 0 fully saturated rings. The molecule has 152 valence electrons. The van der Waals surface area contributed by atoms with Crippen molar-refractivity contribution in [3.63, 3.8) is 0 Å². The fourth-order valence-corrected chi connectivity index (χ4v) is 4.54. The molecular formula is C24H32F2N2. The molecule has 4 heteroatoms. The molecule has 1 aliphatic heterocycles. The van der Waals surface area contributed by atoms with Gasteiger partial charge in [-0.05, 0) is 69.0 Å². The summed E-state index contributed by atoms with van der Waals surface area (Å²) in [6.45, 7) is 12.0. The lowest BCUT2D eigenvalue weighted by atomic mass is 9.97. The number of allylic oxidation sites excluding steroid dienone is 3. The van der Waals surface area contributed by atoms with Crippen LogP contribution in [0.15, 0.2) is 42.5 Å². The number of hydrogen-bond donors (Lipinski definition) is 0. The van der Waals surface area contributed by atoms with Crippen molar-refractivity contribution in [3.8, 4) is 0 Å². The van der Waals surface area contributed by atoms with Crippen molar-refractivity contribution in [2.45, 2.75) is 59.0 Å². The van der Waals surface area contributed by atoms with E-state index < -0.39 is 6.43 Å². The highest BCUT2D eigenvalue weighted by Gasteiger charge is 2.26. The van der Waals surface area contributed by atoms with E-state index in [1.807, 2.05) is 13.0 Å². The van der Waals surface area contributed by atoms with Crippen LogP contribution in [0.3, 0.4) is 0 Å². The predicted molar refractivity (Wildman–Crippen MR) is 114 cm³/mol. The molecule has 0 N–H and O–H groups in total. The van der Waals surface area contributed by atoms with Crippen LogP contribution >= 0.6 is 0 Å². The normalized spacial score (nSPS) is 18.2. The first-order chi connectivity index (χ1) is 13.4. The van der Waals surface area contributed by atoms with Gasteiger partial charge in [-0.3, -0.25) is 0 Å². The maximum absolute atomic E-state index is 13.3. The van der Waals surface area contributed by atoms with Gasteiger partial charge in [0.15, 0.2) is 0 Å². The number of nitrogens with zero attached hydrogens (tertiary/aromatic N) is 2. The second-order valence-electron chi connectivity index (χ2n) is 8.14. The molecule has 0 saturated heterocycles. The Hall–Kier alpha value is -1.94. The lowest BCUT2D eigenvalue weighted by Gasteiger charge is -2.25. The molecule has 2 nitrogen and oxygen atoms in total. The minimum Gasteiger partial charge on any atom is -0.337 e. The van der Waals surface area contributed by atoms with Gasteiger partial charge in [0.2, 0.25) is 0 Å². The Morgan fingerprint density at radius 3 is 2.71 bits per heavy atom. The molecule has 0 radical (unpaired) electrons. The molecular weight excluding hydrogens is 354 g/mol. The van der Waals surface area contributed by atoms with Crippen molar-refractivity contribution in [1.82, 2.24) is 9.47 Å². The van der Waals surface area contributed by atoms with Gasteiger partial charge in [-0.2, -0.15) is 0 Å². The minimum absolute atomic E-state index is 0.0438. The van der Waals surface area contributed by atoms with E-state index >= 15 is 0 Å². The van der Waals surface area contributed by atoms with E-state index in [0.717, 1.165) is 25.9 Å². The number of alkyl halides is 2. The molecule has 2 heterocycles. The average molecular weight is 387 g/mol. The molecule has 2 atom stereocenters. The molecule has 2 unspecified atom stereocenters. The van der Waals surface area contributed by atoms with Crippen LogP contribution in [0.5, 0.6) is 0 Å². The van der Waals surface area contributed by atoms with Crippen molar-refractivity contribution in [3.05, 3.63) is 59.3 Å². The summed E-state index contributed by atoms with van der Waals surface area (Å²) in [7, 11) is 2.17. The summed E-state index contributed by atoms with van der Waals surface area (Å²) in [5.74, 6) is -0.0524. The first-order valence-electron chi connectivity index (χ1n) is 10.3. The summed E-state index contributed by atoms with van der Waals surface area (Å²) in [5, 5.41) is 1.29. The fraction of sp³-hybridized carbons (Fsp3) is 0.500. The Labute approximate surface area is 167 Å². The second-order valence-corrected chi connectivity index (χ2v) is 8.14. The average Bonchev–Trinajstić information content (AvgIpc) is 2.80. The first-order valence-corrected chi connectivity index (χ1v) is 10.3. The summed E-state index contributed by atoms with van der Waals surface area (Å²) in [5.41, 5.74) is 5.37. The molecule has 28 heavy (non-hydrogen) atoms. The molecule has 0 amide bonds. The molecule has 2 aromatic rings. The van der Waals surface area contributed by atoms with E-state index in [-0.39, 0.29) is 17.5 Å². The maximum atomic E-state index is 13.3. The van der Waals surface area contributed by atoms with E-state index in [9.17, 15) is 8.78 Å². The number of rotatable bonds is 6. The van der Waals surface area contributed by atoms with Crippen LogP contribution in [0.4, 0.5) is 8.78 Å². The van der Waals surface area contributed by atoms with Gasteiger partial charge >= 0.3 is 0 Å². The molecule has 0 spiro atoms. The highest BCUT2D eigenvalue weighted by atomic mass is 19.3. The second kappa shape index (κ2) is 8.60. The van der Waals surface area contributed by atoms with Crippen LogP contribution in [-0.2, 0) is 13.0 Å². The quantitative estimate of drug-likeness (QED) is 0.530. The number of benzene rings is 1. The Bertz CT molecular complexity index is 878. The van der Waals surface area contributed by atoms with Crippen molar-refractivity contribution in [1.29, 1.82) is 0 Å². The summed E-state index contributed by atoms with van der Waals surface area (Å²) >= 11 is 0. The first kappa shape index (κ1) is 20.8. The zero-order chi connectivity index (χ0) is 20.4. The maximum Gasteiger partial charge on any atom is 0.259 e. The standard InChI is InChI=1S/C24H32F2N2/c1-6-18(24(25)26)14-17(4)21(7-2)28-22-9-8-12-27(5)15-20(22)19-13-16(3)10-11-23(19)28/h7,10-11,13-14,17,21,24H,2,6,8-9,12,15H2,1,3-5H3/b18-14+. The summed E-state index contributed by atoms with van der Waals surface area (Å²) in [4.78, 5) is 2.37. The zero-order valence-electron chi connectivity index (χ0n) is 17.5. The third-order valence-corrected chi connectivity index (χ3v) is 6.00. The van der Waals surface area contributed by atoms with E-state index in [1.165, 1.54) is 27.7 Å². The Morgan fingerprint density at radius 2 is 2.07 bits per heavy atom. The number of aryl methyl sites for hydroxylation is 1. The van der Waals surface area contributed by atoms with Crippen molar-refractivity contribution in [2.75, 3.05) is 13.6 Å². The van der Waals surface area contributed by atoms with Crippen molar-refractivity contribution in [2.24, 2.45) is 5.92 Å². The van der Waals surface area contributed by atoms with Crippen LogP contribution in [0, 0.1) is 12.8 Å². The van der Waals surface area contributed by atoms with E-state index in [2.05, 4.69) is 48.2 Å². The highest BCUT2D eigenvalue weighted by Crippen LogP contribution is 2.37. The largest absolute Gasteiger partial charge is 0.337 e. The lowest BCUT2D eigenvalue weighted by Crippen LogP contribution is -2.17. The SMILES string of the molecule is C=CC(C(C)/C=C(\CC)C(F)F)n1c2c(c3cc(C)ccc31)CN(C)CCC2. The van der Waals surface area contributed by atoms with Gasteiger partial charge < -0.3 is 9.47 Å². The number of halogens is 2. The van der Waals surface area contributed by atoms with E-state index in [0.29, 0.717) is 6.42 Å². The minimum atomic E-state index is -2.40. The summed E-state index contributed by atoms with van der Waals surface area (Å²) in [6.07, 6.45) is 3.77. The van der Waals surface area contributed by atoms with Gasteiger partial charge in [-0.15, -0.1) is 6.58 Å². The smallest absolute Gasteiger partial charge is 0.259 e. The van der Waals surface area contributed by atoms with Crippen LogP contribution in [-0.4, -0.2) is 29.5 Å². The van der Waals surface area contributed by atoms with Crippen molar-refractivity contribution < 1.29 is 8.78 Å². The van der Waals surface area contributed by atoms with Gasteiger partial charge in [0.25, 0.3) is 6.43 Å². The molecule has 1 aliphatic rings. The van der Waals surface area contributed by atoms with Crippen LogP contribution in [0.2, 0.25) is 0 Å². The van der Waals surface area contributed by atoms with E-state index in [4.69, 9.17) is 0 Å². The molecule has 1 aromatic carbocycles. The molecule has 0 aliphatic carbocycles. The molecule has 0 bridgehead atoms. The van der Waals surface area contributed by atoms with Gasteiger partial charge in [-0.25, -0.2) is 8.78 Å². The van der Waals surface area contributed by atoms with Gasteiger partial charge in [0.1, 0.15) is 0 Å². The van der Waals surface area contributed by atoms with Crippen molar-refractivity contribution >= 4 is 10.9 Å². The number of fused-ring (bicyclic) bond motifs is 3. The Morgan fingerprint density at radius 1 is 1.32 bits per heavy atom. The molecule has 3 rings (SSSR count). The Kier molecular flexibility index (Phi) is 6.39. The third-order valence-electron chi connectivity index (χ3n) is 6.00. The Balaban J connectivity index is 2.18. The fourth-order valence-electron chi connectivity index (χ4n) is 4.54. The zero-order valence-corrected chi connectivity index (χ0v) is 17.5. The van der Waals surface area contributed by atoms with Gasteiger partial charge in [-0.1, -0.05) is 37.6 Å². The third kappa shape index (κ3) is 3.93. The predicted octanol–water partition coefficient (Wildman–Crippen LogP) is 6.29. The molecule has 0 saturated carbocycles.